The summed E-state index contributed by atoms with van der Waals surface area (Å²) in [5.41, 5.74) is 2.24. The fourth-order valence-electron chi connectivity index (χ4n) is 2.45. The molecule has 110 valence electrons. The van der Waals surface area contributed by atoms with Crippen LogP contribution in [-0.4, -0.2) is 24.0 Å². The van der Waals surface area contributed by atoms with E-state index >= 15 is 0 Å². The van der Waals surface area contributed by atoms with Gasteiger partial charge in [-0.05, 0) is 52.9 Å². The topological polar surface area (TPSA) is 29.5 Å². The molecule has 0 aliphatic heterocycles. The maximum Gasteiger partial charge on any atom is 0.227 e. The Morgan fingerprint density at radius 1 is 1.33 bits per heavy atom. The molecule has 3 rings (SSSR count). The third-order valence-corrected chi connectivity index (χ3v) is 4.46. The molecule has 1 heterocycles. The van der Waals surface area contributed by atoms with Gasteiger partial charge in [-0.25, -0.2) is 0 Å². The molecule has 0 bridgehead atoms. The Balaban J connectivity index is 1.69. The standard InChI is InChI=1S/C17H19NO2S/c1-20-16-4-2-3-13(9-16)10-17(19)18(15-5-6-15)11-14-7-8-21-12-14/h2-4,7-9,12,15H,5-6,10-11H2,1H3. The number of benzene rings is 1. The van der Waals surface area contributed by atoms with E-state index in [0.717, 1.165) is 30.7 Å². The second kappa shape index (κ2) is 6.31. The van der Waals surface area contributed by atoms with Crippen molar-refractivity contribution in [3.8, 4) is 5.75 Å². The van der Waals surface area contributed by atoms with E-state index in [1.54, 1.807) is 18.4 Å². The minimum atomic E-state index is 0.206. The first-order chi connectivity index (χ1) is 10.3. The summed E-state index contributed by atoms with van der Waals surface area (Å²) < 4.78 is 5.22. The van der Waals surface area contributed by atoms with Gasteiger partial charge in [0.15, 0.2) is 0 Å². The fourth-order valence-corrected chi connectivity index (χ4v) is 3.10. The molecule has 1 aromatic heterocycles. The molecular weight excluding hydrogens is 282 g/mol. The van der Waals surface area contributed by atoms with Gasteiger partial charge < -0.3 is 9.64 Å². The van der Waals surface area contributed by atoms with Crippen molar-refractivity contribution in [3.63, 3.8) is 0 Å². The van der Waals surface area contributed by atoms with Gasteiger partial charge in [-0.3, -0.25) is 4.79 Å². The predicted molar refractivity (Wildman–Crippen MR) is 84.6 cm³/mol. The van der Waals surface area contributed by atoms with Crippen molar-refractivity contribution in [1.29, 1.82) is 0 Å². The average Bonchev–Trinajstić information content (AvgIpc) is 3.21. The van der Waals surface area contributed by atoms with E-state index < -0.39 is 0 Å². The number of nitrogens with zero attached hydrogens (tertiary/aromatic N) is 1. The smallest absolute Gasteiger partial charge is 0.227 e. The van der Waals surface area contributed by atoms with Gasteiger partial charge >= 0.3 is 0 Å². The first kappa shape index (κ1) is 14.1. The molecule has 0 N–H and O–H groups in total. The van der Waals surface area contributed by atoms with E-state index in [2.05, 4.69) is 16.8 Å². The Bertz CT molecular complexity index is 605. The minimum Gasteiger partial charge on any atom is -0.497 e. The number of thiophene rings is 1. The third-order valence-electron chi connectivity index (χ3n) is 3.73. The lowest BCUT2D eigenvalue weighted by Crippen LogP contribution is -2.33. The van der Waals surface area contributed by atoms with Crippen LogP contribution in [0.25, 0.3) is 0 Å². The minimum absolute atomic E-state index is 0.206. The van der Waals surface area contributed by atoms with Crippen molar-refractivity contribution in [1.82, 2.24) is 4.90 Å². The largest absolute Gasteiger partial charge is 0.497 e. The Labute approximate surface area is 129 Å². The number of amides is 1. The number of methoxy groups -OCH3 is 1. The van der Waals surface area contributed by atoms with Crippen LogP contribution in [0.1, 0.15) is 24.0 Å². The van der Waals surface area contributed by atoms with E-state index in [1.165, 1.54) is 5.56 Å². The van der Waals surface area contributed by atoms with Gasteiger partial charge in [-0.15, -0.1) is 0 Å². The maximum atomic E-state index is 12.6. The molecule has 1 saturated carbocycles. The van der Waals surface area contributed by atoms with Crippen LogP contribution in [-0.2, 0) is 17.8 Å². The molecule has 21 heavy (non-hydrogen) atoms. The highest BCUT2D eigenvalue weighted by Crippen LogP contribution is 2.29. The molecule has 0 unspecified atom stereocenters. The van der Waals surface area contributed by atoms with Gasteiger partial charge in [0.1, 0.15) is 5.75 Å². The van der Waals surface area contributed by atoms with Crippen molar-refractivity contribution in [2.24, 2.45) is 0 Å². The number of carbonyl (C=O) groups excluding carboxylic acids is 1. The lowest BCUT2D eigenvalue weighted by molar-refractivity contribution is -0.131. The van der Waals surface area contributed by atoms with Crippen LogP contribution in [0.5, 0.6) is 5.75 Å². The number of hydrogen-bond acceptors (Lipinski definition) is 3. The first-order valence-corrected chi connectivity index (χ1v) is 8.14. The highest BCUT2D eigenvalue weighted by Gasteiger charge is 2.32. The zero-order valence-electron chi connectivity index (χ0n) is 12.1. The summed E-state index contributed by atoms with van der Waals surface area (Å²) in [6, 6.07) is 10.3. The molecule has 1 fully saturated rings. The molecule has 1 aliphatic carbocycles. The molecular formula is C17H19NO2S. The summed E-state index contributed by atoms with van der Waals surface area (Å²) in [5.74, 6) is 1.01. The van der Waals surface area contributed by atoms with Crippen molar-refractivity contribution in [2.75, 3.05) is 7.11 Å². The van der Waals surface area contributed by atoms with E-state index in [4.69, 9.17) is 4.74 Å². The Morgan fingerprint density at radius 3 is 2.86 bits per heavy atom. The molecule has 0 spiro atoms. The van der Waals surface area contributed by atoms with E-state index in [0.29, 0.717) is 12.5 Å². The second-order valence-corrected chi connectivity index (χ2v) is 6.19. The summed E-state index contributed by atoms with van der Waals surface area (Å²) >= 11 is 1.68. The number of carbonyl (C=O) groups is 1. The molecule has 1 amide bonds. The maximum absolute atomic E-state index is 12.6. The molecule has 0 radical (unpaired) electrons. The van der Waals surface area contributed by atoms with Crippen LogP contribution in [0.2, 0.25) is 0 Å². The van der Waals surface area contributed by atoms with Gasteiger partial charge in [0.2, 0.25) is 5.91 Å². The quantitative estimate of drug-likeness (QED) is 0.817. The van der Waals surface area contributed by atoms with Gasteiger partial charge in [0, 0.05) is 12.6 Å². The monoisotopic (exact) mass is 301 g/mol. The second-order valence-electron chi connectivity index (χ2n) is 5.41. The van der Waals surface area contributed by atoms with Crippen molar-refractivity contribution in [2.45, 2.75) is 31.8 Å². The van der Waals surface area contributed by atoms with Gasteiger partial charge in [-0.2, -0.15) is 11.3 Å². The zero-order valence-corrected chi connectivity index (χ0v) is 12.9. The van der Waals surface area contributed by atoms with Crippen molar-refractivity contribution in [3.05, 3.63) is 52.2 Å². The molecule has 1 aliphatic rings. The lowest BCUT2D eigenvalue weighted by atomic mass is 10.1. The number of hydrogen-bond donors (Lipinski definition) is 0. The third kappa shape index (κ3) is 3.64. The van der Waals surface area contributed by atoms with Crippen LogP contribution < -0.4 is 4.74 Å². The summed E-state index contributed by atoms with van der Waals surface area (Å²) in [6.07, 6.45) is 2.71. The van der Waals surface area contributed by atoms with E-state index in [9.17, 15) is 4.79 Å². The van der Waals surface area contributed by atoms with Crippen LogP contribution >= 0.6 is 11.3 Å². The van der Waals surface area contributed by atoms with Crippen LogP contribution in [0.4, 0.5) is 0 Å². The Hall–Kier alpha value is -1.81. The van der Waals surface area contributed by atoms with Crippen molar-refractivity contribution < 1.29 is 9.53 Å². The normalized spacial score (nSPS) is 14.0. The average molecular weight is 301 g/mol. The Morgan fingerprint density at radius 2 is 2.19 bits per heavy atom. The van der Waals surface area contributed by atoms with Gasteiger partial charge in [0.25, 0.3) is 0 Å². The Kier molecular flexibility index (Phi) is 4.25. The predicted octanol–water partition coefficient (Wildman–Crippen LogP) is 3.49. The molecule has 0 atom stereocenters. The van der Waals surface area contributed by atoms with Crippen molar-refractivity contribution >= 4 is 17.2 Å². The van der Waals surface area contributed by atoms with Crippen LogP contribution in [0, 0.1) is 0 Å². The summed E-state index contributed by atoms with van der Waals surface area (Å²) in [4.78, 5) is 14.6. The summed E-state index contributed by atoms with van der Waals surface area (Å²) in [5, 5.41) is 4.18. The van der Waals surface area contributed by atoms with E-state index in [1.807, 2.05) is 29.2 Å². The van der Waals surface area contributed by atoms with Gasteiger partial charge in [-0.1, -0.05) is 12.1 Å². The number of rotatable bonds is 6. The zero-order chi connectivity index (χ0) is 14.7. The van der Waals surface area contributed by atoms with Gasteiger partial charge in [0.05, 0.1) is 13.5 Å². The first-order valence-electron chi connectivity index (χ1n) is 7.20. The van der Waals surface area contributed by atoms with Crippen LogP contribution in [0.3, 0.4) is 0 Å². The highest BCUT2D eigenvalue weighted by atomic mass is 32.1. The SMILES string of the molecule is COc1cccc(CC(=O)N(Cc2ccsc2)C2CC2)c1. The summed E-state index contributed by atoms with van der Waals surface area (Å²) in [7, 11) is 1.65. The summed E-state index contributed by atoms with van der Waals surface area (Å²) in [6.45, 7) is 0.733. The highest BCUT2D eigenvalue weighted by molar-refractivity contribution is 7.07. The molecule has 1 aromatic carbocycles. The van der Waals surface area contributed by atoms with E-state index in [-0.39, 0.29) is 5.91 Å². The fraction of sp³-hybridized carbons (Fsp3) is 0.353. The lowest BCUT2D eigenvalue weighted by Gasteiger charge is -2.22. The molecule has 2 aromatic rings. The molecule has 3 nitrogen and oxygen atoms in total. The van der Waals surface area contributed by atoms with Crippen LogP contribution in [0.15, 0.2) is 41.1 Å². The number of ether oxygens (including phenoxy) is 1. The molecule has 4 heteroatoms. The molecule has 0 saturated heterocycles.